The van der Waals surface area contributed by atoms with Crippen LogP contribution in [0.3, 0.4) is 0 Å². The Morgan fingerprint density at radius 3 is 2.22 bits per heavy atom. The number of ether oxygens (including phenoxy) is 1. The van der Waals surface area contributed by atoms with Gasteiger partial charge in [0.1, 0.15) is 0 Å². The van der Waals surface area contributed by atoms with Gasteiger partial charge >= 0.3 is 0 Å². The molecular formula is C24H33N3O4S. The molecule has 1 N–H and O–H groups in total. The van der Waals surface area contributed by atoms with E-state index < -0.39 is 10.0 Å². The van der Waals surface area contributed by atoms with Gasteiger partial charge in [-0.15, -0.1) is 0 Å². The maximum Gasteiger partial charge on any atom is 0.243 e. The van der Waals surface area contributed by atoms with Gasteiger partial charge in [0, 0.05) is 31.4 Å². The van der Waals surface area contributed by atoms with Crippen LogP contribution in [-0.2, 0) is 26.1 Å². The van der Waals surface area contributed by atoms with Gasteiger partial charge in [-0.25, -0.2) is 8.42 Å². The molecule has 2 unspecified atom stereocenters. The molecule has 0 saturated carbocycles. The highest BCUT2D eigenvalue weighted by Gasteiger charge is 2.32. The maximum atomic E-state index is 13.0. The van der Waals surface area contributed by atoms with Crippen LogP contribution >= 0.6 is 0 Å². The second-order valence-electron chi connectivity index (χ2n) is 8.64. The molecule has 1 amide bonds. The molecule has 174 valence electrons. The van der Waals surface area contributed by atoms with Crippen molar-refractivity contribution in [1.29, 1.82) is 0 Å². The number of sulfonamides is 1. The molecule has 2 atom stereocenters. The van der Waals surface area contributed by atoms with Crippen LogP contribution in [0.2, 0.25) is 0 Å². The zero-order chi connectivity index (χ0) is 23.3. The lowest BCUT2D eigenvalue weighted by molar-refractivity contribution is -0.117. The zero-order valence-electron chi connectivity index (χ0n) is 19.2. The van der Waals surface area contributed by atoms with Crippen molar-refractivity contribution in [3.63, 3.8) is 0 Å². The number of nitrogens with zero attached hydrogens (tertiary/aromatic N) is 2. The summed E-state index contributed by atoms with van der Waals surface area (Å²) < 4.78 is 33.1. The SMILES string of the molecule is CC1CN(S(=O)(=O)c2ccc(NC(=O)CN(Cc3ccccc3)C(C)C)cc2)CC(C)O1. The average Bonchev–Trinajstić information content (AvgIpc) is 2.73. The molecule has 2 aromatic carbocycles. The van der Waals surface area contributed by atoms with E-state index in [-0.39, 0.29) is 35.6 Å². The summed E-state index contributed by atoms with van der Waals surface area (Å²) in [6.45, 7) is 9.45. The van der Waals surface area contributed by atoms with Gasteiger partial charge in [-0.1, -0.05) is 30.3 Å². The molecule has 1 aliphatic heterocycles. The Morgan fingerprint density at radius 1 is 1.06 bits per heavy atom. The van der Waals surface area contributed by atoms with Crippen molar-refractivity contribution >= 4 is 21.6 Å². The first-order chi connectivity index (χ1) is 15.1. The number of hydrogen-bond acceptors (Lipinski definition) is 5. The third-order valence-corrected chi connectivity index (χ3v) is 7.31. The summed E-state index contributed by atoms with van der Waals surface area (Å²) in [6.07, 6.45) is -0.293. The van der Waals surface area contributed by atoms with Crippen molar-refractivity contribution in [2.75, 3.05) is 25.0 Å². The molecule has 8 heteroatoms. The minimum absolute atomic E-state index is 0.138. The topological polar surface area (TPSA) is 79.0 Å². The number of hydrogen-bond donors (Lipinski definition) is 1. The first kappa shape index (κ1) is 24.4. The number of amides is 1. The Bertz CT molecular complexity index is 984. The Labute approximate surface area is 191 Å². The number of anilines is 1. The minimum atomic E-state index is -3.61. The van der Waals surface area contributed by atoms with Crippen molar-refractivity contribution in [2.45, 2.75) is 57.4 Å². The number of carbonyl (C=O) groups excluding carboxylic acids is 1. The van der Waals surface area contributed by atoms with Crippen LogP contribution in [-0.4, -0.2) is 61.4 Å². The summed E-state index contributed by atoms with van der Waals surface area (Å²) >= 11 is 0. The van der Waals surface area contributed by atoms with Crippen LogP contribution in [0.1, 0.15) is 33.3 Å². The lowest BCUT2D eigenvalue weighted by Crippen LogP contribution is -2.48. The molecule has 0 aromatic heterocycles. The highest BCUT2D eigenvalue weighted by molar-refractivity contribution is 7.89. The average molecular weight is 460 g/mol. The van der Waals surface area contributed by atoms with Gasteiger partial charge in [0.15, 0.2) is 0 Å². The summed E-state index contributed by atoms with van der Waals surface area (Å²) in [7, 11) is -3.61. The van der Waals surface area contributed by atoms with Gasteiger partial charge in [-0.3, -0.25) is 9.69 Å². The van der Waals surface area contributed by atoms with E-state index in [1.807, 2.05) is 44.2 Å². The van der Waals surface area contributed by atoms with Gasteiger partial charge in [-0.2, -0.15) is 4.31 Å². The number of carbonyl (C=O) groups is 1. The third-order valence-electron chi connectivity index (χ3n) is 5.47. The number of nitrogens with one attached hydrogen (secondary N) is 1. The molecule has 7 nitrogen and oxygen atoms in total. The third kappa shape index (κ3) is 6.38. The molecule has 1 heterocycles. The van der Waals surface area contributed by atoms with E-state index in [0.29, 0.717) is 25.3 Å². The zero-order valence-corrected chi connectivity index (χ0v) is 20.0. The molecule has 0 radical (unpaired) electrons. The fourth-order valence-corrected chi connectivity index (χ4v) is 5.40. The van der Waals surface area contributed by atoms with Gasteiger partial charge in [0.05, 0.1) is 23.6 Å². The minimum Gasteiger partial charge on any atom is -0.373 e. The molecular weight excluding hydrogens is 426 g/mol. The Morgan fingerprint density at radius 2 is 1.66 bits per heavy atom. The lowest BCUT2D eigenvalue weighted by Gasteiger charge is -2.34. The fraction of sp³-hybridized carbons (Fsp3) is 0.458. The first-order valence-corrected chi connectivity index (χ1v) is 12.4. The Kier molecular flexibility index (Phi) is 8.05. The maximum absolute atomic E-state index is 13.0. The van der Waals surface area contributed by atoms with E-state index in [9.17, 15) is 13.2 Å². The van der Waals surface area contributed by atoms with Gasteiger partial charge in [0.25, 0.3) is 0 Å². The second-order valence-corrected chi connectivity index (χ2v) is 10.6. The van der Waals surface area contributed by atoms with E-state index in [1.54, 1.807) is 24.3 Å². The number of rotatable bonds is 8. The monoisotopic (exact) mass is 459 g/mol. The predicted octanol–water partition coefficient (Wildman–Crippen LogP) is 3.33. The molecule has 0 bridgehead atoms. The molecule has 32 heavy (non-hydrogen) atoms. The number of morpholine rings is 1. The standard InChI is InChI=1S/C24H33N3O4S/c1-18(2)26(16-21-8-6-5-7-9-21)17-24(28)25-22-10-12-23(13-11-22)32(29,30)27-14-19(3)31-20(4)15-27/h5-13,18-20H,14-17H2,1-4H3,(H,25,28). The van der Waals surface area contributed by atoms with Crippen LogP contribution in [0.15, 0.2) is 59.5 Å². The number of benzene rings is 2. The highest BCUT2D eigenvalue weighted by atomic mass is 32.2. The normalized spacial score (nSPS) is 19.9. The van der Waals surface area contributed by atoms with Crippen molar-refractivity contribution in [2.24, 2.45) is 0 Å². The molecule has 1 aliphatic rings. The summed E-state index contributed by atoms with van der Waals surface area (Å²) in [5.41, 5.74) is 1.72. The van der Waals surface area contributed by atoms with Crippen molar-refractivity contribution in [1.82, 2.24) is 9.21 Å². The summed E-state index contributed by atoms with van der Waals surface area (Å²) in [5, 5.41) is 2.88. The van der Waals surface area contributed by atoms with Gasteiger partial charge < -0.3 is 10.1 Å². The smallest absolute Gasteiger partial charge is 0.243 e. The van der Waals surface area contributed by atoms with Crippen molar-refractivity contribution < 1.29 is 17.9 Å². The van der Waals surface area contributed by atoms with Gasteiger partial charge in [0.2, 0.25) is 15.9 Å². The van der Waals surface area contributed by atoms with Crippen molar-refractivity contribution in [3.8, 4) is 0 Å². The van der Waals surface area contributed by atoms with E-state index >= 15 is 0 Å². The summed E-state index contributed by atoms with van der Waals surface area (Å²) in [5.74, 6) is -0.138. The molecule has 3 rings (SSSR count). The van der Waals surface area contributed by atoms with E-state index in [4.69, 9.17) is 4.74 Å². The second kappa shape index (κ2) is 10.6. The predicted molar refractivity (Wildman–Crippen MR) is 126 cm³/mol. The lowest BCUT2D eigenvalue weighted by atomic mass is 10.2. The van der Waals surface area contributed by atoms with Crippen LogP contribution in [0.25, 0.3) is 0 Å². The van der Waals surface area contributed by atoms with E-state index in [1.165, 1.54) is 4.31 Å². The van der Waals surface area contributed by atoms with Crippen molar-refractivity contribution in [3.05, 3.63) is 60.2 Å². The summed E-state index contributed by atoms with van der Waals surface area (Å²) in [4.78, 5) is 14.9. The van der Waals surface area contributed by atoms with Crippen LogP contribution in [0.5, 0.6) is 0 Å². The molecule has 0 aliphatic carbocycles. The first-order valence-electron chi connectivity index (χ1n) is 11.0. The molecule has 0 spiro atoms. The van der Waals surface area contributed by atoms with E-state index in [2.05, 4.69) is 24.1 Å². The summed E-state index contributed by atoms with van der Waals surface area (Å²) in [6, 6.07) is 16.6. The highest BCUT2D eigenvalue weighted by Crippen LogP contribution is 2.22. The fourth-order valence-electron chi connectivity index (χ4n) is 3.81. The quantitative estimate of drug-likeness (QED) is 0.655. The van der Waals surface area contributed by atoms with E-state index in [0.717, 1.165) is 5.56 Å². The Hall–Kier alpha value is -2.26. The largest absolute Gasteiger partial charge is 0.373 e. The van der Waals surface area contributed by atoms with Gasteiger partial charge in [-0.05, 0) is 57.5 Å². The molecule has 1 saturated heterocycles. The van der Waals surface area contributed by atoms with Crippen LogP contribution in [0, 0.1) is 0 Å². The van der Waals surface area contributed by atoms with Crippen LogP contribution < -0.4 is 5.32 Å². The van der Waals surface area contributed by atoms with Crippen LogP contribution in [0.4, 0.5) is 5.69 Å². The molecule has 2 aromatic rings. The molecule has 1 fully saturated rings. The Balaban J connectivity index is 1.62.